The van der Waals surface area contributed by atoms with Gasteiger partial charge in [-0.2, -0.15) is 4.37 Å². The first-order valence-corrected chi connectivity index (χ1v) is 5.78. The van der Waals surface area contributed by atoms with Crippen molar-refractivity contribution in [1.82, 2.24) is 4.37 Å². The van der Waals surface area contributed by atoms with E-state index in [0.717, 1.165) is 11.5 Å². The van der Waals surface area contributed by atoms with Crippen LogP contribution in [0.4, 0.5) is 0 Å². The monoisotopic (exact) mass is 273 g/mol. The van der Waals surface area contributed by atoms with Gasteiger partial charge < -0.3 is 4.42 Å². The van der Waals surface area contributed by atoms with Crippen LogP contribution in [-0.2, 0) is 0 Å². The molecule has 6 heteroatoms. The summed E-state index contributed by atoms with van der Waals surface area (Å²) in [6, 6.07) is 3.48. The van der Waals surface area contributed by atoms with Crippen LogP contribution >= 0.6 is 34.7 Å². The van der Waals surface area contributed by atoms with E-state index >= 15 is 0 Å². The second kappa shape index (κ2) is 4.82. The first-order valence-electron chi connectivity index (χ1n) is 4.25. The van der Waals surface area contributed by atoms with Gasteiger partial charge >= 0.3 is 0 Å². The Morgan fingerprint density at radius 1 is 1.50 bits per heavy atom. The predicted molar refractivity (Wildman–Crippen MR) is 64.2 cm³/mol. The number of aromatic nitrogens is 1. The number of hydrogen-bond acceptors (Lipinski definition) is 4. The molecule has 0 radical (unpaired) electrons. The molecule has 0 aliphatic rings. The molecule has 0 saturated heterocycles. The minimum Gasteiger partial charge on any atom is -0.465 e. The first kappa shape index (κ1) is 11.4. The molecular formula is C10H5Cl2NO2S. The highest BCUT2D eigenvalue weighted by Gasteiger charge is 2.14. The third-order valence-corrected chi connectivity index (χ3v) is 3.58. The maximum Gasteiger partial charge on any atom is 0.199 e. The van der Waals surface area contributed by atoms with Gasteiger partial charge in [0.25, 0.3) is 0 Å². The number of nitrogens with zero attached hydrogens (tertiary/aromatic N) is 1. The van der Waals surface area contributed by atoms with Gasteiger partial charge in [0.15, 0.2) is 10.9 Å². The first-order chi connectivity index (χ1) is 7.68. The van der Waals surface area contributed by atoms with E-state index in [4.69, 9.17) is 27.6 Å². The largest absolute Gasteiger partial charge is 0.465 e. The van der Waals surface area contributed by atoms with E-state index in [-0.39, 0.29) is 16.0 Å². The van der Waals surface area contributed by atoms with Crippen LogP contribution in [0.5, 0.6) is 0 Å². The molecule has 0 saturated carbocycles. The fraction of sp³-hybridized carbons (Fsp3) is 0. The van der Waals surface area contributed by atoms with E-state index in [9.17, 15) is 4.79 Å². The lowest BCUT2D eigenvalue weighted by Gasteiger charge is -1.89. The van der Waals surface area contributed by atoms with Gasteiger partial charge in [-0.3, -0.25) is 4.79 Å². The van der Waals surface area contributed by atoms with Crippen LogP contribution in [0.2, 0.25) is 10.2 Å². The van der Waals surface area contributed by atoms with E-state index in [2.05, 4.69) is 4.37 Å². The molecule has 2 heterocycles. The van der Waals surface area contributed by atoms with Crippen LogP contribution in [0, 0.1) is 0 Å². The Labute approximate surface area is 105 Å². The summed E-state index contributed by atoms with van der Waals surface area (Å²) in [5.74, 6) is 0.353. The number of ketones is 1. The molecule has 0 atom stereocenters. The van der Waals surface area contributed by atoms with Crippen molar-refractivity contribution in [2.45, 2.75) is 0 Å². The van der Waals surface area contributed by atoms with E-state index < -0.39 is 0 Å². The number of halogens is 2. The molecule has 0 aliphatic heterocycles. The lowest BCUT2D eigenvalue weighted by molar-refractivity contribution is 0.105. The Hall–Kier alpha value is -1.10. The molecule has 0 fully saturated rings. The molecule has 16 heavy (non-hydrogen) atoms. The maximum atomic E-state index is 11.7. The van der Waals surface area contributed by atoms with Crippen molar-refractivity contribution in [1.29, 1.82) is 0 Å². The van der Waals surface area contributed by atoms with E-state index in [0.29, 0.717) is 10.6 Å². The molecule has 0 amide bonds. The lowest BCUT2D eigenvalue weighted by Crippen LogP contribution is -1.90. The number of hydrogen-bond donors (Lipinski definition) is 0. The molecule has 2 aromatic heterocycles. The summed E-state index contributed by atoms with van der Waals surface area (Å²) in [5.41, 5.74) is 0. The summed E-state index contributed by atoms with van der Waals surface area (Å²) in [6.45, 7) is 0. The smallest absolute Gasteiger partial charge is 0.199 e. The fourth-order valence-electron chi connectivity index (χ4n) is 1.03. The number of carbonyl (C=O) groups excluding carboxylic acids is 1. The SMILES string of the molecule is O=C(/C=C/c1ccco1)c1snc(Cl)c1Cl. The average Bonchev–Trinajstić information content (AvgIpc) is 2.88. The number of carbonyl (C=O) groups is 1. The topological polar surface area (TPSA) is 43.1 Å². The van der Waals surface area contributed by atoms with Crippen LogP contribution in [0.1, 0.15) is 15.4 Å². The number of rotatable bonds is 3. The molecule has 0 spiro atoms. The Morgan fingerprint density at radius 3 is 2.88 bits per heavy atom. The molecule has 3 nitrogen and oxygen atoms in total. The highest BCUT2D eigenvalue weighted by Crippen LogP contribution is 2.29. The summed E-state index contributed by atoms with van der Waals surface area (Å²) in [7, 11) is 0. The molecule has 0 unspecified atom stereocenters. The zero-order valence-electron chi connectivity index (χ0n) is 7.81. The minimum atomic E-state index is -0.245. The van der Waals surface area contributed by atoms with Gasteiger partial charge in [0.2, 0.25) is 0 Å². The van der Waals surface area contributed by atoms with Crippen LogP contribution in [0.25, 0.3) is 6.08 Å². The number of furan rings is 1. The van der Waals surface area contributed by atoms with E-state index in [1.807, 2.05) is 0 Å². The van der Waals surface area contributed by atoms with Crippen LogP contribution < -0.4 is 0 Å². The van der Waals surface area contributed by atoms with Crippen LogP contribution in [0.3, 0.4) is 0 Å². The second-order valence-electron chi connectivity index (χ2n) is 2.83. The highest BCUT2D eigenvalue weighted by atomic mass is 35.5. The van der Waals surface area contributed by atoms with Crippen molar-refractivity contribution in [2.75, 3.05) is 0 Å². The average molecular weight is 274 g/mol. The van der Waals surface area contributed by atoms with Crippen molar-refractivity contribution < 1.29 is 9.21 Å². The van der Waals surface area contributed by atoms with Gasteiger partial charge in [-0.15, -0.1) is 0 Å². The molecule has 82 valence electrons. The van der Waals surface area contributed by atoms with Gasteiger partial charge in [0.1, 0.15) is 15.7 Å². The Kier molecular flexibility index (Phi) is 3.43. The van der Waals surface area contributed by atoms with Crippen LogP contribution in [-0.4, -0.2) is 10.2 Å². The van der Waals surface area contributed by atoms with Gasteiger partial charge in [-0.1, -0.05) is 23.2 Å². The fourth-order valence-corrected chi connectivity index (χ4v) is 2.17. The van der Waals surface area contributed by atoms with Crippen molar-refractivity contribution in [2.24, 2.45) is 0 Å². The Morgan fingerprint density at radius 2 is 2.31 bits per heavy atom. The summed E-state index contributed by atoms with van der Waals surface area (Å²) < 4.78 is 8.82. The van der Waals surface area contributed by atoms with Gasteiger partial charge in [0, 0.05) is 0 Å². The molecule has 0 bridgehead atoms. The number of allylic oxidation sites excluding steroid dienone is 1. The van der Waals surface area contributed by atoms with E-state index in [1.54, 1.807) is 18.2 Å². The summed E-state index contributed by atoms with van der Waals surface area (Å²) in [5, 5.41) is 0.349. The van der Waals surface area contributed by atoms with E-state index in [1.165, 1.54) is 12.3 Å². The highest BCUT2D eigenvalue weighted by molar-refractivity contribution is 7.09. The predicted octanol–water partition coefficient (Wildman–Crippen LogP) is 3.94. The van der Waals surface area contributed by atoms with Crippen molar-refractivity contribution in [3.05, 3.63) is 45.3 Å². The third-order valence-electron chi connectivity index (χ3n) is 1.76. The van der Waals surface area contributed by atoms with Crippen molar-refractivity contribution >= 4 is 46.6 Å². The van der Waals surface area contributed by atoms with Gasteiger partial charge in [-0.25, -0.2) is 0 Å². The van der Waals surface area contributed by atoms with Crippen LogP contribution in [0.15, 0.2) is 28.9 Å². The maximum absolute atomic E-state index is 11.7. The third kappa shape index (κ3) is 2.35. The molecule has 2 aromatic rings. The van der Waals surface area contributed by atoms with Crippen molar-refractivity contribution in [3.8, 4) is 0 Å². The zero-order valence-corrected chi connectivity index (χ0v) is 10.1. The van der Waals surface area contributed by atoms with Crippen molar-refractivity contribution in [3.63, 3.8) is 0 Å². The Balaban J connectivity index is 2.18. The normalized spacial score (nSPS) is 11.1. The standard InChI is InChI=1S/C10H5Cl2NO2S/c11-8-9(16-13-10(8)12)7(14)4-3-6-2-1-5-15-6/h1-5H/b4-3+. The summed E-state index contributed by atoms with van der Waals surface area (Å²) in [6.07, 6.45) is 4.46. The summed E-state index contributed by atoms with van der Waals surface area (Å²) in [4.78, 5) is 12.0. The Bertz CT molecular complexity index is 531. The molecular weight excluding hydrogens is 269 g/mol. The summed E-state index contributed by atoms with van der Waals surface area (Å²) >= 11 is 12.4. The quantitative estimate of drug-likeness (QED) is 0.629. The zero-order chi connectivity index (χ0) is 11.5. The molecule has 0 aliphatic carbocycles. The molecule has 0 N–H and O–H groups in total. The van der Waals surface area contributed by atoms with Gasteiger partial charge in [0.05, 0.1) is 6.26 Å². The minimum absolute atomic E-state index is 0.154. The van der Waals surface area contributed by atoms with Gasteiger partial charge in [-0.05, 0) is 35.8 Å². The second-order valence-corrected chi connectivity index (χ2v) is 4.34. The molecule has 2 rings (SSSR count). The molecule has 0 aromatic carbocycles. The lowest BCUT2D eigenvalue weighted by atomic mass is 10.3.